The van der Waals surface area contributed by atoms with E-state index < -0.39 is 0 Å². The summed E-state index contributed by atoms with van der Waals surface area (Å²) in [5.41, 5.74) is 0.796. The highest BCUT2D eigenvalue weighted by atomic mass is 79.9. The van der Waals surface area contributed by atoms with Crippen molar-refractivity contribution in [2.45, 2.75) is 19.5 Å². The first-order valence-electron chi connectivity index (χ1n) is 6.54. The van der Waals surface area contributed by atoms with Crippen molar-refractivity contribution in [3.05, 3.63) is 34.1 Å². The van der Waals surface area contributed by atoms with Gasteiger partial charge in [0, 0.05) is 29.2 Å². The standard InChI is InChI=1S/C14H18BrFN2/c1-9-13-6-17-5-11(13)8-18(9)7-10-4-12(15)2-3-14(10)16/h2-4,9,11,13,17H,5-8H2,1H3. The van der Waals surface area contributed by atoms with Crippen molar-refractivity contribution < 1.29 is 4.39 Å². The van der Waals surface area contributed by atoms with Crippen LogP contribution in [0.3, 0.4) is 0 Å². The third kappa shape index (κ3) is 2.22. The fourth-order valence-corrected chi connectivity index (χ4v) is 3.76. The first-order valence-corrected chi connectivity index (χ1v) is 7.33. The lowest BCUT2D eigenvalue weighted by Gasteiger charge is -2.24. The van der Waals surface area contributed by atoms with Gasteiger partial charge in [0.05, 0.1) is 0 Å². The number of fused-ring (bicyclic) bond motifs is 1. The van der Waals surface area contributed by atoms with Crippen LogP contribution in [0.5, 0.6) is 0 Å². The summed E-state index contributed by atoms with van der Waals surface area (Å²) in [7, 11) is 0. The van der Waals surface area contributed by atoms with Crippen LogP contribution in [-0.2, 0) is 6.54 Å². The third-order valence-corrected chi connectivity index (χ3v) is 4.93. The van der Waals surface area contributed by atoms with Gasteiger partial charge in [-0.05, 0) is 50.0 Å². The van der Waals surface area contributed by atoms with E-state index in [-0.39, 0.29) is 5.82 Å². The molecule has 0 spiro atoms. The van der Waals surface area contributed by atoms with Crippen molar-refractivity contribution in [3.63, 3.8) is 0 Å². The van der Waals surface area contributed by atoms with Gasteiger partial charge in [-0.3, -0.25) is 4.90 Å². The van der Waals surface area contributed by atoms with Crippen molar-refractivity contribution in [2.75, 3.05) is 19.6 Å². The summed E-state index contributed by atoms with van der Waals surface area (Å²) in [5, 5.41) is 3.45. The maximum absolute atomic E-state index is 13.8. The molecule has 2 saturated heterocycles. The molecule has 0 amide bonds. The summed E-state index contributed by atoms with van der Waals surface area (Å²) in [6.45, 7) is 6.31. The highest BCUT2D eigenvalue weighted by Crippen LogP contribution is 2.33. The van der Waals surface area contributed by atoms with Gasteiger partial charge in [0.25, 0.3) is 0 Å². The number of benzene rings is 1. The molecule has 1 aromatic rings. The molecule has 0 aromatic heterocycles. The van der Waals surface area contributed by atoms with Crippen LogP contribution in [0, 0.1) is 17.7 Å². The first-order chi connectivity index (χ1) is 8.65. The Balaban J connectivity index is 1.75. The molecule has 3 atom stereocenters. The molecule has 98 valence electrons. The highest BCUT2D eigenvalue weighted by molar-refractivity contribution is 9.10. The zero-order chi connectivity index (χ0) is 12.7. The van der Waals surface area contributed by atoms with Crippen LogP contribution in [0.4, 0.5) is 4.39 Å². The summed E-state index contributed by atoms with van der Waals surface area (Å²) in [6.07, 6.45) is 0. The predicted molar refractivity (Wildman–Crippen MR) is 73.8 cm³/mol. The number of likely N-dealkylation sites (tertiary alicyclic amines) is 1. The molecule has 1 N–H and O–H groups in total. The fraction of sp³-hybridized carbons (Fsp3) is 0.571. The van der Waals surface area contributed by atoms with Gasteiger partial charge in [-0.2, -0.15) is 0 Å². The zero-order valence-corrected chi connectivity index (χ0v) is 12.1. The Bertz CT molecular complexity index is 451. The SMILES string of the molecule is CC1C2CNCC2CN1Cc1cc(Br)ccc1F. The predicted octanol–water partition coefficient (Wildman–Crippen LogP) is 2.63. The maximum atomic E-state index is 13.8. The molecule has 3 unspecified atom stereocenters. The van der Waals surface area contributed by atoms with Crippen LogP contribution >= 0.6 is 15.9 Å². The Morgan fingerprint density at radius 2 is 2.28 bits per heavy atom. The first kappa shape index (κ1) is 12.6. The van der Waals surface area contributed by atoms with Gasteiger partial charge in [0.1, 0.15) is 5.82 Å². The second-order valence-electron chi connectivity index (χ2n) is 5.49. The summed E-state index contributed by atoms with van der Waals surface area (Å²) in [6, 6.07) is 5.74. The minimum Gasteiger partial charge on any atom is -0.316 e. The molecule has 2 heterocycles. The van der Waals surface area contributed by atoms with E-state index in [1.807, 2.05) is 6.07 Å². The lowest BCUT2D eigenvalue weighted by atomic mass is 9.95. The van der Waals surface area contributed by atoms with Gasteiger partial charge in [-0.25, -0.2) is 4.39 Å². The minimum atomic E-state index is -0.0967. The van der Waals surface area contributed by atoms with Gasteiger partial charge in [0.2, 0.25) is 0 Å². The van der Waals surface area contributed by atoms with Crippen molar-refractivity contribution in [1.82, 2.24) is 10.2 Å². The fourth-order valence-electron chi connectivity index (χ4n) is 3.35. The average molecular weight is 313 g/mol. The second kappa shape index (κ2) is 4.91. The highest BCUT2D eigenvalue weighted by Gasteiger charge is 2.41. The molecular weight excluding hydrogens is 295 g/mol. The Kier molecular flexibility index (Phi) is 3.43. The van der Waals surface area contributed by atoms with Gasteiger partial charge < -0.3 is 5.32 Å². The van der Waals surface area contributed by atoms with Gasteiger partial charge in [0.15, 0.2) is 0 Å². The average Bonchev–Trinajstić information content (AvgIpc) is 2.89. The van der Waals surface area contributed by atoms with Crippen LogP contribution in [0.25, 0.3) is 0 Å². The summed E-state index contributed by atoms with van der Waals surface area (Å²) in [4.78, 5) is 2.42. The lowest BCUT2D eigenvalue weighted by molar-refractivity contribution is 0.228. The molecule has 4 heteroatoms. The van der Waals surface area contributed by atoms with Crippen molar-refractivity contribution in [2.24, 2.45) is 11.8 Å². The van der Waals surface area contributed by atoms with Gasteiger partial charge in [-0.15, -0.1) is 0 Å². The summed E-state index contributed by atoms with van der Waals surface area (Å²) < 4.78 is 14.7. The normalized spacial score (nSPS) is 31.8. The molecule has 2 fully saturated rings. The van der Waals surface area contributed by atoms with E-state index in [1.165, 1.54) is 0 Å². The van der Waals surface area contributed by atoms with Crippen LogP contribution in [-0.4, -0.2) is 30.6 Å². The Hall–Kier alpha value is -0.450. The minimum absolute atomic E-state index is 0.0967. The summed E-state index contributed by atoms with van der Waals surface area (Å²) >= 11 is 3.41. The smallest absolute Gasteiger partial charge is 0.127 e. The van der Waals surface area contributed by atoms with Crippen LogP contribution in [0.1, 0.15) is 12.5 Å². The van der Waals surface area contributed by atoms with Crippen molar-refractivity contribution in [1.29, 1.82) is 0 Å². The molecule has 2 aliphatic heterocycles. The van der Waals surface area contributed by atoms with Crippen LogP contribution in [0.2, 0.25) is 0 Å². The third-order valence-electron chi connectivity index (χ3n) is 4.44. The quantitative estimate of drug-likeness (QED) is 0.903. The molecule has 0 aliphatic carbocycles. The van der Waals surface area contributed by atoms with Crippen molar-refractivity contribution >= 4 is 15.9 Å². The molecule has 1 aromatic carbocycles. The molecule has 18 heavy (non-hydrogen) atoms. The van der Waals surface area contributed by atoms with E-state index in [4.69, 9.17) is 0 Å². The van der Waals surface area contributed by atoms with E-state index >= 15 is 0 Å². The topological polar surface area (TPSA) is 15.3 Å². The zero-order valence-electron chi connectivity index (χ0n) is 10.5. The Labute approximate surface area is 116 Å². The number of rotatable bonds is 2. The van der Waals surface area contributed by atoms with E-state index in [0.29, 0.717) is 6.04 Å². The van der Waals surface area contributed by atoms with E-state index in [9.17, 15) is 4.39 Å². The molecule has 2 aliphatic rings. The molecule has 0 saturated carbocycles. The maximum Gasteiger partial charge on any atom is 0.127 e. The van der Waals surface area contributed by atoms with E-state index in [2.05, 4.69) is 33.1 Å². The number of nitrogens with zero attached hydrogens (tertiary/aromatic N) is 1. The Morgan fingerprint density at radius 3 is 3.06 bits per heavy atom. The van der Waals surface area contributed by atoms with Crippen LogP contribution in [0.15, 0.2) is 22.7 Å². The van der Waals surface area contributed by atoms with Crippen LogP contribution < -0.4 is 5.32 Å². The molecule has 0 bridgehead atoms. The number of hydrogen-bond donors (Lipinski definition) is 1. The summed E-state index contributed by atoms with van der Waals surface area (Å²) in [5.74, 6) is 1.39. The monoisotopic (exact) mass is 312 g/mol. The molecular formula is C14H18BrFN2. The van der Waals surface area contributed by atoms with Gasteiger partial charge in [-0.1, -0.05) is 15.9 Å². The molecule has 0 radical (unpaired) electrons. The number of nitrogens with one attached hydrogen (secondary N) is 1. The molecule has 2 nitrogen and oxygen atoms in total. The van der Waals surface area contributed by atoms with Gasteiger partial charge >= 0.3 is 0 Å². The largest absolute Gasteiger partial charge is 0.316 e. The van der Waals surface area contributed by atoms with E-state index in [0.717, 1.165) is 48.1 Å². The Morgan fingerprint density at radius 1 is 1.44 bits per heavy atom. The number of halogens is 2. The lowest BCUT2D eigenvalue weighted by Crippen LogP contribution is -2.33. The molecule has 3 rings (SSSR count). The number of hydrogen-bond acceptors (Lipinski definition) is 2. The second-order valence-corrected chi connectivity index (χ2v) is 6.40. The van der Waals surface area contributed by atoms with E-state index in [1.54, 1.807) is 12.1 Å². The van der Waals surface area contributed by atoms with Crippen molar-refractivity contribution in [3.8, 4) is 0 Å².